The number of halogens is 2. The Morgan fingerprint density at radius 3 is 2.33 bits per heavy atom. The number of nitrogens with two attached hydrogens (primary N) is 1. The van der Waals surface area contributed by atoms with Crippen LogP contribution in [0.3, 0.4) is 0 Å². The highest BCUT2D eigenvalue weighted by Crippen LogP contribution is 2.36. The number of nitrogens with one attached hydrogen (secondary N) is 1. The number of ether oxygens (including phenoxy) is 2. The van der Waals surface area contributed by atoms with Crippen molar-refractivity contribution in [1.29, 1.82) is 0 Å². The minimum Gasteiger partial charge on any atom is -0.493 e. The van der Waals surface area contributed by atoms with Gasteiger partial charge >= 0.3 is 0 Å². The second-order valence-electron chi connectivity index (χ2n) is 3.99. The molecule has 0 aliphatic rings. The molecule has 0 aliphatic heterocycles. The second kappa shape index (κ2) is 6.43. The minimum absolute atomic E-state index is 0.292. The maximum atomic E-state index is 12.2. The Bertz CT molecular complexity index is 688. The average Bonchev–Trinajstić information content (AvgIpc) is 2.79. The van der Waals surface area contributed by atoms with Crippen LogP contribution in [0.4, 0.5) is 11.4 Å². The molecule has 1 aromatic carbocycles. The van der Waals surface area contributed by atoms with E-state index in [2.05, 4.69) is 5.32 Å². The predicted octanol–water partition coefficient (Wildman–Crippen LogP) is 3.91. The first-order valence-corrected chi connectivity index (χ1v) is 7.31. The van der Waals surface area contributed by atoms with Gasteiger partial charge in [0.15, 0.2) is 11.5 Å². The van der Waals surface area contributed by atoms with E-state index < -0.39 is 5.91 Å². The lowest BCUT2D eigenvalue weighted by Crippen LogP contribution is -2.13. The maximum Gasteiger partial charge on any atom is 0.258 e. The van der Waals surface area contributed by atoms with Crippen LogP contribution >= 0.6 is 34.5 Å². The summed E-state index contributed by atoms with van der Waals surface area (Å²) in [5, 5.41) is 2.67. The second-order valence-corrected chi connectivity index (χ2v) is 6.27. The molecule has 0 fully saturated rings. The molecule has 0 aliphatic carbocycles. The number of anilines is 2. The van der Waals surface area contributed by atoms with Crippen molar-refractivity contribution in [2.45, 2.75) is 0 Å². The van der Waals surface area contributed by atoms with E-state index in [1.807, 2.05) is 0 Å². The summed E-state index contributed by atoms with van der Waals surface area (Å²) in [6.07, 6.45) is 0. The Labute approximate surface area is 135 Å². The highest BCUT2D eigenvalue weighted by atomic mass is 35.5. The molecule has 3 N–H and O–H groups in total. The first-order valence-electron chi connectivity index (χ1n) is 5.74. The van der Waals surface area contributed by atoms with Crippen LogP contribution in [0.15, 0.2) is 18.2 Å². The molecule has 5 nitrogen and oxygen atoms in total. The summed E-state index contributed by atoms with van der Waals surface area (Å²) in [7, 11) is 3.00. The third-order valence-corrected chi connectivity index (χ3v) is 4.19. The lowest BCUT2D eigenvalue weighted by Gasteiger charge is -2.13. The summed E-state index contributed by atoms with van der Waals surface area (Å²) in [4.78, 5) is 12.2. The Morgan fingerprint density at radius 1 is 1.19 bits per heavy atom. The molecule has 0 unspecified atom stereocenters. The smallest absolute Gasteiger partial charge is 0.258 e. The van der Waals surface area contributed by atoms with Crippen molar-refractivity contribution in [1.82, 2.24) is 0 Å². The Balaban J connectivity index is 2.31. The zero-order valence-corrected chi connectivity index (χ0v) is 13.5. The van der Waals surface area contributed by atoms with Crippen molar-refractivity contribution >= 4 is 51.8 Å². The lowest BCUT2D eigenvalue weighted by molar-refractivity contribution is 0.102. The molecule has 112 valence electrons. The summed E-state index contributed by atoms with van der Waals surface area (Å²) < 4.78 is 11.1. The van der Waals surface area contributed by atoms with Crippen LogP contribution in [0.2, 0.25) is 8.67 Å². The van der Waals surface area contributed by atoms with Crippen LogP contribution in [0.25, 0.3) is 0 Å². The van der Waals surface area contributed by atoms with E-state index in [0.29, 0.717) is 37.1 Å². The topological polar surface area (TPSA) is 73.6 Å². The van der Waals surface area contributed by atoms with Gasteiger partial charge in [0, 0.05) is 12.1 Å². The summed E-state index contributed by atoms with van der Waals surface area (Å²) >= 11 is 12.9. The minimum atomic E-state index is -0.401. The molecule has 0 saturated carbocycles. The van der Waals surface area contributed by atoms with E-state index in [9.17, 15) is 4.79 Å². The molecule has 0 saturated heterocycles. The van der Waals surface area contributed by atoms with Gasteiger partial charge in [0.05, 0.1) is 35.5 Å². The molecule has 0 radical (unpaired) electrons. The number of thiophene rings is 1. The van der Waals surface area contributed by atoms with E-state index in [1.165, 1.54) is 20.3 Å². The van der Waals surface area contributed by atoms with Crippen molar-refractivity contribution in [2.24, 2.45) is 0 Å². The van der Waals surface area contributed by atoms with Crippen LogP contribution in [-0.2, 0) is 0 Å². The van der Waals surface area contributed by atoms with E-state index in [-0.39, 0.29) is 0 Å². The monoisotopic (exact) mass is 346 g/mol. The third kappa shape index (κ3) is 3.34. The molecular weight excluding hydrogens is 335 g/mol. The van der Waals surface area contributed by atoms with Gasteiger partial charge in [-0.25, -0.2) is 0 Å². The number of methoxy groups -OCH3 is 2. The van der Waals surface area contributed by atoms with Gasteiger partial charge in [0.25, 0.3) is 5.91 Å². The molecule has 1 amide bonds. The van der Waals surface area contributed by atoms with E-state index in [0.717, 1.165) is 11.3 Å². The van der Waals surface area contributed by atoms with Gasteiger partial charge < -0.3 is 20.5 Å². The fourth-order valence-corrected chi connectivity index (χ4v) is 3.15. The molecule has 0 bridgehead atoms. The maximum absolute atomic E-state index is 12.2. The van der Waals surface area contributed by atoms with Crippen LogP contribution in [-0.4, -0.2) is 20.1 Å². The van der Waals surface area contributed by atoms with Gasteiger partial charge in [0.2, 0.25) is 0 Å². The van der Waals surface area contributed by atoms with Crippen molar-refractivity contribution in [3.05, 3.63) is 32.4 Å². The lowest BCUT2D eigenvalue weighted by atomic mass is 10.2. The van der Waals surface area contributed by atoms with Crippen LogP contribution in [0.5, 0.6) is 11.5 Å². The molecule has 21 heavy (non-hydrogen) atoms. The predicted molar refractivity (Wildman–Crippen MR) is 86.3 cm³/mol. The Kier molecular flexibility index (Phi) is 4.82. The molecule has 0 atom stereocenters. The van der Waals surface area contributed by atoms with Crippen LogP contribution < -0.4 is 20.5 Å². The van der Waals surface area contributed by atoms with E-state index in [4.69, 9.17) is 38.4 Å². The molecule has 2 rings (SSSR count). The number of benzene rings is 1. The Morgan fingerprint density at radius 2 is 1.81 bits per heavy atom. The number of carbonyl (C=O) groups is 1. The number of carbonyl (C=O) groups excluding carboxylic acids is 1. The van der Waals surface area contributed by atoms with Gasteiger partial charge in [0.1, 0.15) is 4.34 Å². The number of hydrogen-bond donors (Lipinski definition) is 2. The fourth-order valence-electron chi connectivity index (χ4n) is 1.69. The molecule has 8 heteroatoms. The average molecular weight is 347 g/mol. The van der Waals surface area contributed by atoms with Crippen LogP contribution in [0, 0.1) is 0 Å². The standard InChI is InChI=1S/C13H12Cl2N2O3S/c1-19-9-4-7(16)8(5-10(9)20-2)17-13(18)6-3-11(14)21-12(6)15/h3-5H,16H2,1-2H3,(H,17,18). The highest BCUT2D eigenvalue weighted by molar-refractivity contribution is 7.20. The van der Waals surface area contributed by atoms with Gasteiger partial charge in [-0.3, -0.25) is 4.79 Å². The first kappa shape index (κ1) is 15.8. The molecular formula is C13H12Cl2N2O3S. The summed E-state index contributed by atoms with van der Waals surface area (Å²) in [5.74, 6) is 0.531. The summed E-state index contributed by atoms with van der Waals surface area (Å²) in [6.45, 7) is 0. The van der Waals surface area contributed by atoms with Gasteiger partial charge in [-0.05, 0) is 6.07 Å². The van der Waals surface area contributed by atoms with Crippen molar-refractivity contribution in [3.63, 3.8) is 0 Å². The van der Waals surface area contributed by atoms with Crippen molar-refractivity contribution in [3.8, 4) is 11.5 Å². The Hall–Kier alpha value is -1.63. The van der Waals surface area contributed by atoms with Gasteiger partial charge in [-0.15, -0.1) is 11.3 Å². The molecule has 2 aromatic rings. The molecule has 0 spiro atoms. The van der Waals surface area contributed by atoms with Crippen molar-refractivity contribution in [2.75, 3.05) is 25.3 Å². The van der Waals surface area contributed by atoms with E-state index in [1.54, 1.807) is 12.1 Å². The highest BCUT2D eigenvalue weighted by Gasteiger charge is 2.17. The third-order valence-electron chi connectivity index (χ3n) is 2.71. The van der Waals surface area contributed by atoms with Gasteiger partial charge in [-0.1, -0.05) is 23.2 Å². The quantitative estimate of drug-likeness (QED) is 0.823. The fraction of sp³-hybridized carbons (Fsp3) is 0.154. The van der Waals surface area contributed by atoms with E-state index >= 15 is 0 Å². The zero-order valence-electron chi connectivity index (χ0n) is 11.2. The first-order chi connectivity index (χ1) is 9.96. The number of hydrogen-bond acceptors (Lipinski definition) is 5. The SMILES string of the molecule is COc1cc(N)c(NC(=O)c2cc(Cl)sc2Cl)cc1OC. The largest absolute Gasteiger partial charge is 0.493 e. The summed E-state index contributed by atoms with van der Waals surface area (Å²) in [6, 6.07) is 4.64. The number of amides is 1. The number of rotatable bonds is 4. The van der Waals surface area contributed by atoms with Crippen LogP contribution in [0.1, 0.15) is 10.4 Å². The molecule has 1 heterocycles. The van der Waals surface area contributed by atoms with Gasteiger partial charge in [-0.2, -0.15) is 0 Å². The molecule has 1 aromatic heterocycles. The van der Waals surface area contributed by atoms with Crippen molar-refractivity contribution < 1.29 is 14.3 Å². The normalized spacial score (nSPS) is 10.3. The zero-order chi connectivity index (χ0) is 15.6. The number of nitrogen functional groups attached to an aromatic ring is 1. The summed E-state index contributed by atoms with van der Waals surface area (Å²) in [5.41, 5.74) is 6.92.